The van der Waals surface area contributed by atoms with Crippen molar-refractivity contribution in [3.05, 3.63) is 22.1 Å². The van der Waals surface area contributed by atoms with Gasteiger partial charge in [0.25, 0.3) is 5.56 Å². The Morgan fingerprint density at radius 2 is 2.38 bits per heavy atom. The molecule has 16 heavy (non-hydrogen) atoms. The van der Waals surface area contributed by atoms with E-state index in [1.165, 1.54) is 24.9 Å². The van der Waals surface area contributed by atoms with Gasteiger partial charge in [-0.25, -0.2) is 4.98 Å². The lowest BCUT2D eigenvalue weighted by Gasteiger charge is -2.08. The van der Waals surface area contributed by atoms with Crippen LogP contribution in [0.5, 0.6) is 0 Å². The van der Waals surface area contributed by atoms with Crippen LogP contribution in [0.3, 0.4) is 0 Å². The summed E-state index contributed by atoms with van der Waals surface area (Å²) in [5.41, 5.74) is 0.509. The number of hydrogen-bond donors (Lipinski definition) is 1. The van der Waals surface area contributed by atoms with Crippen LogP contribution in [0.1, 0.15) is 19.5 Å². The van der Waals surface area contributed by atoms with Crippen molar-refractivity contribution < 1.29 is 9.53 Å². The van der Waals surface area contributed by atoms with Gasteiger partial charge in [-0.1, -0.05) is 18.7 Å². The van der Waals surface area contributed by atoms with Crippen molar-refractivity contribution in [3.8, 4) is 0 Å². The second kappa shape index (κ2) is 5.69. The molecule has 0 aromatic carbocycles. The first-order valence-corrected chi connectivity index (χ1v) is 5.79. The zero-order chi connectivity index (χ0) is 12.1. The third-order valence-electron chi connectivity index (χ3n) is 1.96. The highest BCUT2D eigenvalue weighted by Gasteiger charge is 2.16. The Labute approximate surface area is 97.6 Å². The number of nitrogens with one attached hydrogen (secondary N) is 1. The highest BCUT2D eigenvalue weighted by Crippen LogP contribution is 2.19. The van der Waals surface area contributed by atoms with Crippen molar-refractivity contribution in [2.45, 2.75) is 30.7 Å². The molecule has 0 saturated carbocycles. The molecule has 0 amide bonds. The monoisotopic (exact) mass is 242 g/mol. The van der Waals surface area contributed by atoms with Crippen molar-refractivity contribution >= 4 is 17.7 Å². The number of nitrogens with zero attached hydrogens (tertiary/aromatic N) is 1. The zero-order valence-electron chi connectivity index (χ0n) is 9.44. The van der Waals surface area contributed by atoms with E-state index in [2.05, 4.69) is 14.7 Å². The molecule has 0 fully saturated rings. The van der Waals surface area contributed by atoms with Gasteiger partial charge in [0.1, 0.15) is 5.25 Å². The molecule has 5 nitrogen and oxygen atoms in total. The molecule has 0 bridgehead atoms. The van der Waals surface area contributed by atoms with Crippen LogP contribution in [-0.4, -0.2) is 28.3 Å². The van der Waals surface area contributed by atoms with Gasteiger partial charge in [-0.15, -0.1) is 0 Å². The molecule has 1 aromatic heterocycles. The smallest absolute Gasteiger partial charge is 0.318 e. The summed E-state index contributed by atoms with van der Waals surface area (Å²) in [6.07, 6.45) is 0.685. The second-order valence-corrected chi connectivity index (χ2v) is 4.51. The van der Waals surface area contributed by atoms with Gasteiger partial charge in [0.2, 0.25) is 0 Å². The van der Waals surface area contributed by atoms with Gasteiger partial charge in [0.05, 0.1) is 7.11 Å². The molecule has 0 aliphatic heterocycles. The molecule has 88 valence electrons. The minimum Gasteiger partial charge on any atom is -0.468 e. The molecule has 0 spiro atoms. The Morgan fingerprint density at radius 3 is 2.94 bits per heavy atom. The van der Waals surface area contributed by atoms with Crippen LogP contribution < -0.4 is 5.56 Å². The van der Waals surface area contributed by atoms with Gasteiger partial charge < -0.3 is 9.72 Å². The fraction of sp³-hybridized carbons (Fsp3) is 0.500. The number of esters is 1. The van der Waals surface area contributed by atoms with E-state index in [0.29, 0.717) is 17.3 Å². The molecule has 1 rings (SSSR count). The number of aromatic amines is 1. The maximum absolute atomic E-state index is 11.3. The first kappa shape index (κ1) is 12.8. The number of rotatable bonds is 4. The molecular weight excluding hydrogens is 228 g/mol. The topological polar surface area (TPSA) is 72.0 Å². The summed E-state index contributed by atoms with van der Waals surface area (Å²) in [6, 6.07) is 1.45. The largest absolute Gasteiger partial charge is 0.468 e. The maximum Gasteiger partial charge on any atom is 0.318 e. The number of hydrogen-bond acceptors (Lipinski definition) is 5. The lowest BCUT2D eigenvalue weighted by Crippen LogP contribution is -2.17. The molecule has 1 aromatic rings. The van der Waals surface area contributed by atoms with E-state index in [-0.39, 0.29) is 16.8 Å². The van der Waals surface area contributed by atoms with Crippen LogP contribution in [0.4, 0.5) is 0 Å². The van der Waals surface area contributed by atoms with Gasteiger partial charge in [-0.2, -0.15) is 0 Å². The summed E-state index contributed by atoms with van der Waals surface area (Å²) >= 11 is 1.18. The highest BCUT2D eigenvalue weighted by molar-refractivity contribution is 8.00. The molecule has 0 saturated heterocycles. The van der Waals surface area contributed by atoms with E-state index in [1.54, 1.807) is 6.92 Å². The molecule has 1 atom stereocenters. The zero-order valence-corrected chi connectivity index (χ0v) is 10.3. The summed E-state index contributed by atoms with van der Waals surface area (Å²) in [5, 5.41) is 0.0579. The SMILES string of the molecule is CCc1cc(=O)[nH]c(S[C@H](C)C(=O)OC)n1. The lowest BCUT2D eigenvalue weighted by molar-refractivity contribution is -0.139. The van der Waals surface area contributed by atoms with Gasteiger partial charge >= 0.3 is 5.97 Å². The lowest BCUT2D eigenvalue weighted by atomic mass is 10.3. The fourth-order valence-electron chi connectivity index (χ4n) is 1.10. The Bertz CT molecular complexity index is 430. The molecule has 6 heteroatoms. The van der Waals surface area contributed by atoms with Crippen molar-refractivity contribution in [2.24, 2.45) is 0 Å². The Morgan fingerprint density at radius 1 is 1.69 bits per heavy atom. The second-order valence-electron chi connectivity index (χ2n) is 3.18. The third kappa shape index (κ3) is 3.37. The maximum atomic E-state index is 11.3. The molecule has 1 heterocycles. The van der Waals surface area contributed by atoms with Gasteiger partial charge in [0, 0.05) is 11.8 Å². The van der Waals surface area contributed by atoms with E-state index in [9.17, 15) is 9.59 Å². The predicted molar refractivity (Wildman–Crippen MR) is 61.6 cm³/mol. The van der Waals surface area contributed by atoms with Crippen LogP contribution in [0.15, 0.2) is 16.0 Å². The quantitative estimate of drug-likeness (QED) is 0.484. The van der Waals surface area contributed by atoms with Crippen molar-refractivity contribution in [2.75, 3.05) is 7.11 Å². The number of ether oxygens (including phenoxy) is 1. The summed E-state index contributed by atoms with van der Waals surface area (Å²) < 4.78 is 4.59. The van der Waals surface area contributed by atoms with E-state index in [1.807, 2.05) is 6.92 Å². The van der Waals surface area contributed by atoms with E-state index in [0.717, 1.165) is 0 Å². The van der Waals surface area contributed by atoms with Crippen LogP contribution in [0.2, 0.25) is 0 Å². The van der Waals surface area contributed by atoms with Gasteiger partial charge in [-0.3, -0.25) is 9.59 Å². The van der Waals surface area contributed by atoms with Crippen LogP contribution in [0, 0.1) is 0 Å². The summed E-state index contributed by atoms with van der Waals surface area (Å²) in [5.74, 6) is -0.338. The van der Waals surface area contributed by atoms with Crippen molar-refractivity contribution in [3.63, 3.8) is 0 Å². The van der Waals surface area contributed by atoms with E-state index < -0.39 is 0 Å². The van der Waals surface area contributed by atoms with Crippen LogP contribution in [-0.2, 0) is 16.0 Å². The minimum absolute atomic E-state index is 0.202. The Balaban J connectivity index is 2.85. The highest BCUT2D eigenvalue weighted by atomic mass is 32.2. The average molecular weight is 242 g/mol. The minimum atomic E-state index is -0.389. The summed E-state index contributed by atoms with van der Waals surface area (Å²) in [7, 11) is 1.33. The summed E-state index contributed by atoms with van der Waals surface area (Å²) in [6.45, 7) is 3.62. The molecule has 0 radical (unpaired) electrons. The number of aromatic nitrogens is 2. The van der Waals surface area contributed by atoms with Gasteiger partial charge in [-0.05, 0) is 13.3 Å². The average Bonchev–Trinajstić information content (AvgIpc) is 2.26. The molecular formula is C10H14N2O3S. The number of H-pyrrole nitrogens is 1. The first-order valence-electron chi connectivity index (χ1n) is 4.91. The predicted octanol–water partition coefficient (Wildman–Crippen LogP) is 0.986. The number of carbonyl (C=O) groups is 1. The fourth-order valence-corrected chi connectivity index (χ4v) is 1.96. The van der Waals surface area contributed by atoms with Crippen molar-refractivity contribution in [1.82, 2.24) is 9.97 Å². The number of carbonyl (C=O) groups excluding carboxylic acids is 1. The Kier molecular flexibility index (Phi) is 4.54. The Hall–Kier alpha value is -1.30. The molecule has 0 unspecified atom stereocenters. The standard InChI is InChI=1S/C10H14N2O3S/c1-4-7-5-8(13)12-10(11-7)16-6(2)9(14)15-3/h5-6H,4H2,1-3H3,(H,11,12,13)/t6-/m1/s1. The number of methoxy groups -OCH3 is 1. The summed E-state index contributed by atoms with van der Waals surface area (Å²) in [4.78, 5) is 29.2. The third-order valence-corrected chi connectivity index (χ3v) is 2.92. The van der Waals surface area contributed by atoms with E-state index in [4.69, 9.17) is 0 Å². The number of aryl methyl sites for hydroxylation is 1. The molecule has 0 aliphatic rings. The molecule has 0 aliphatic carbocycles. The van der Waals surface area contributed by atoms with Gasteiger partial charge in [0.15, 0.2) is 5.16 Å². The molecule has 1 N–H and O–H groups in total. The van der Waals surface area contributed by atoms with Crippen molar-refractivity contribution in [1.29, 1.82) is 0 Å². The van der Waals surface area contributed by atoms with E-state index >= 15 is 0 Å². The normalized spacial score (nSPS) is 12.2. The van der Waals surface area contributed by atoms with Crippen LogP contribution in [0.25, 0.3) is 0 Å². The number of thioether (sulfide) groups is 1. The first-order chi connectivity index (χ1) is 7.56. The van der Waals surface area contributed by atoms with Crippen LogP contribution >= 0.6 is 11.8 Å².